The maximum absolute atomic E-state index is 13.8. The van der Waals surface area contributed by atoms with Crippen LogP contribution in [-0.2, 0) is 11.2 Å². The third-order valence-corrected chi connectivity index (χ3v) is 5.06. The molecule has 0 spiro atoms. The van der Waals surface area contributed by atoms with Gasteiger partial charge in [-0.15, -0.1) is 11.3 Å². The topological polar surface area (TPSA) is 68.0 Å². The number of halogens is 1. The molecule has 0 aliphatic carbocycles. The molecule has 0 saturated heterocycles. The molecule has 0 radical (unpaired) electrons. The molecular weight excluding hydrogens is 313 g/mol. The van der Waals surface area contributed by atoms with Crippen LogP contribution in [0.25, 0.3) is 0 Å². The predicted molar refractivity (Wildman–Crippen MR) is 92.1 cm³/mol. The number of carbonyl (C=O) groups excluding carboxylic acids is 1. The van der Waals surface area contributed by atoms with E-state index in [9.17, 15) is 9.18 Å². The van der Waals surface area contributed by atoms with Crippen LogP contribution in [0.5, 0.6) is 0 Å². The number of hydrogen-bond donors (Lipinski definition) is 2. The summed E-state index contributed by atoms with van der Waals surface area (Å²) in [6, 6.07) is 6.12. The van der Waals surface area contributed by atoms with Crippen molar-refractivity contribution in [3.05, 3.63) is 46.2 Å². The van der Waals surface area contributed by atoms with E-state index in [1.54, 1.807) is 12.1 Å². The van der Waals surface area contributed by atoms with E-state index in [4.69, 9.17) is 5.73 Å². The molecule has 0 aliphatic heterocycles. The highest BCUT2D eigenvalue weighted by Crippen LogP contribution is 2.26. The number of thiazole rings is 1. The molecule has 0 aliphatic rings. The van der Waals surface area contributed by atoms with Crippen LogP contribution in [0.1, 0.15) is 36.4 Å². The molecule has 0 bridgehead atoms. The highest BCUT2D eigenvalue weighted by molar-refractivity contribution is 7.15. The van der Waals surface area contributed by atoms with Gasteiger partial charge in [-0.3, -0.25) is 4.79 Å². The Bertz CT molecular complexity index is 686. The summed E-state index contributed by atoms with van der Waals surface area (Å²) in [6.07, 6.45) is 1.30. The van der Waals surface area contributed by atoms with Crippen molar-refractivity contribution in [3.8, 4) is 0 Å². The number of amides is 1. The van der Waals surface area contributed by atoms with E-state index in [0.29, 0.717) is 17.1 Å². The van der Waals surface area contributed by atoms with Crippen molar-refractivity contribution in [2.45, 2.75) is 39.7 Å². The van der Waals surface area contributed by atoms with Gasteiger partial charge in [0.2, 0.25) is 5.91 Å². The number of carbonyl (C=O) groups is 1. The quantitative estimate of drug-likeness (QED) is 0.849. The summed E-state index contributed by atoms with van der Waals surface area (Å²) in [4.78, 5) is 17.4. The SMILES string of the molecule is CCC(C)C(N)C(=O)Nc1nc(C)c(Cc2ccccc2F)s1. The fourth-order valence-electron chi connectivity index (χ4n) is 2.16. The Balaban J connectivity index is 2.09. The van der Waals surface area contributed by atoms with Crippen LogP contribution in [0.15, 0.2) is 24.3 Å². The standard InChI is InChI=1S/C17H22FN3OS/c1-4-10(2)15(19)16(22)21-17-20-11(3)14(23-17)9-12-7-5-6-8-13(12)18/h5-8,10,15H,4,9,19H2,1-3H3,(H,20,21,22). The van der Waals surface area contributed by atoms with E-state index in [0.717, 1.165) is 17.0 Å². The third-order valence-electron chi connectivity index (χ3n) is 3.99. The van der Waals surface area contributed by atoms with E-state index < -0.39 is 6.04 Å². The maximum atomic E-state index is 13.8. The van der Waals surface area contributed by atoms with Gasteiger partial charge in [0.05, 0.1) is 11.7 Å². The number of aromatic nitrogens is 1. The molecule has 0 saturated carbocycles. The van der Waals surface area contributed by atoms with Crippen LogP contribution in [0.2, 0.25) is 0 Å². The summed E-state index contributed by atoms with van der Waals surface area (Å²) >= 11 is 1.36. The number of aryl methyl sites for hydroxylation is 1. The average Bonchev–Trinajstić information content (AvgIpc) is 2.87. The van der Waals surface area contributed by atoms with Crippen molar-refractivity contribution in [2.75, 3.05) is 5.32 Å². The molecule has 124 valence electrons. The lowest BCUT2D eigenvalue weighted by molar-refractivity contribution is -0.118. The minimum atomic E-state index is -0.556. The second-order valence-corrected chi connectivity index (χ2v) is 6.78. The highest BCUT2D eigenvalue weighted by Gasteiger charge is 2.21. The minimum absolute atomic E-state index is 0.106. The Hall–Kier alpha value is -1.79. The number of nitrogens with one attached hydrogen (secondary N) is 1. The molecule has 1 aromatic heterocycles. The summed E-state index contributed by atoms with van der Waals surface area (Å²) in [7, 11) is 0. The molecule has 2 rings (SSSR count). The minimum Gasteiger partial charge on any atom is -0.320 e. The van der Waals surface area contributed by atoms with Crippen molar-refractivity contribution >= 4 is 22.4 Å². The van der Waals surface area contributed by atoms with Gasteiger partial charge in [0.1, 0.15) is 5.82 Å². The largest absolute Gasteiger partial charge is 0.320 e. The first kappa shape index (κ1) is 17.6. The lowest BCUT2D eigenvalue weighted by atomic mass is 10.00. The predicted octanol–water partition coefficient (Wildman–Crippen LogP) is 3.49. The molecule has 2 aromatic rings. The van der Waals surface area contributed by atoms with Crippen LogP contribution in [0, 0.1) is 18.7 Å². The van der Waals surface area contributed by atoms with Crippen molar-refractivity contribution in [1.82, 2.24) is 4.98 Å². The molecule has 0 fully saturated rings. The summed E-state index contributed by atoms with van der Waals surface area (Å²) in [6.45, 7) is 5.80. The van der Waals surface area contributed by atoms with Crippen molar-refractivity contribution in [2.24, 2.45) is 11.7 Å². The van der Waals surface area contributed by atoms with Crippen molar-refractivity contribution in [3.63, 3.8) is 0 Å². The number of benzene rings is 1. The molecule has 23 heavy (non-hydrogen) atoms. The van der Waals surface area contributed by atoms with Crippen LogP contribution in [0.3, 0.4) is 0 Å². The fourth-order valence-corrected chi connectivity index (χ4v) is 3.15. The summed E-state index contributed by atoms with van der Waals surface area (Å²) in [5, 5.41) is 3.28. The van der Waals surface area contributed by atoms with Crippen LogP contribution in [-0.4, -0.2) is 16.9 Å². The Kier molecular flexibility index (Phi) is 5.85. The van der Waals surface area contributed by atoms with E-state index in [2.05, 4.69) is 10.3 Å². The summed E-state index contributed by atoms with van der Waals surface area (Å²) in [5.74, 6) is -0.357. The smallest absolute Gasteiger partial charge is 0.243 e. The number of nitrogens with two attached hydrogens (primary N) is 1. The molecule has 2 atom stereocenters. The molecule has 3 N–H and O–H groups in total. The Morgan fingerprint density at radius 1 is 1.43 bits per heavy atom. The Labute approximate surface area is 139 Å². The lowest BCUT2D eigenvalue weighted by Gasteiger charge is -2.16. The number of anilines is 1. The summed E-state index contributed by atoms with van der Waals surface area (Å²) < 4.78 is 13.8. The number of rotatable bonds is 6. The highest BCUT2D eigenvalue weighted by atomic mass is 32.1. The van der Waals surface area contributed by atoms with Gasteiger partial charge in [-0.2, -0.15) is 0 Å². The lowest BCUT2D eigenvalue weighted by Crippen LogP contribution is -2.40. The van der Waals surface area contributed by atoms with Gasteiger partial charge < -0.3 is 11.1 Å². The van der Waals surface area contributed by atoms with E-state index in [1.165, 1.54) is 17.4 Å². The maximum Gasteiger partial charge on any atom is 0.243 e. The zero-order chi connectivity index (χ0) is 17.0. The first-order valence-electron chi connectivity index (χ1n) is 7.68. The van der Waals surface area contributed by atoms with Gasteiger partial charge >= 0.3 is 0 Å². The molecular formula is C17H22FN3OS. The monoisotopic (exact) mass is 335 g/mol. The van der Waals surface area contributed by atoms with E-state index >= 15 is 0 Å². The Morgan fingerprint density at radius 2 is 2.13 bits per heavy atom. The molecule has 2 unspecified atom stereocenters. The summed E-state index contributed by atoms with van der Waals surface area (Å²) in [5.41, 5.74) is 7.34. The van der Waals surface area contributed by atoms with Gasteiger partial charge in [0.25, 0.3) is 0 Å². The molecule has 1 aromatic carbocycles. The second kappa shape index (κ2) is 7.66. The molecule has 1 heterocycles. The van der Waals surface area contributed by atoms with Crippen molar-refractivity contribution in [1.29, 1.82) is 0 Å². The molecule has 6 heteroatoms. The van der Waals surface area contributed by atoms with Crippen LogP contribution >= 0.6 is 11.3 Å². The normalized spacial score (nSPS) is 13.6. The first-order valence-corrected chi connectivity index (χ1v) is 8.50. The van der Waals surface area contributed by atoms with Gasteiger partial charge in [0.15, 0.2) is 5.13 Å². The number of nitrogens with zero attached hydrogens (tertiary/aromatic N) is 1. The second-order valence-electron chi connectivity index (χ2n) is 5.70. The average molecular weight is 335 g/mol. The third kappa shape index (κ3) is 4.36. The van der Waals surface area contributed by atoms with Gasteiger partial charge in [-0.05, 0) is 24.5 Å². The van der Waals surface area contributed by atoms with E-state index in [-0.39, 0.29) is 17.6 Å². The van der Waals surface area contributed by atoms with Gasteiger partial charge in [0, 0.05) is 11.3 Å². The fraction of sp³-hybridized carbons (Fsp3) is 0.412. The number of hydrogen-bond acceptors (Lipinski definition) is 4. The first-order chi connectivity index (χ1) is 10.9. The van der Waals surface area contributed by atoms with Crippen molar-refractivity contribution < 1.29 is 9.18 Å². The van der Waals surface area contributed by atoms with Gasteiger partial charge in [-0.25, -0.2) is 9.37 Å². The Morgan fingerprint density at radius 3 is 2.78 bits per heavy atom. The molecule has 1 amide bonds. The zero-order valence-electron chi connectivity index (χ0n) is 13.6. The zero-order valence-corrected chi connectivity index (χ0v) is 14.4. The van der Waals surface area contributed by atoms with Crippen LogP contribution < -0.4 is 11.1 Å². The van der Waals surface area contributed by atoms with E-state index in [1.807, 2.05) is 26.8 Å². The van der Waals surface area contributed by atoms with Gasteiger partial charge in [-0.1, -0.05) is 38.5 Å². The molecule has 4 nitrogen and oxygen atoms in total. The van der Waals surface area contributed by atoms with Crippen LogP contribution in [0.4, 0.5) is 9.52 Å².